The fraction of sp³-hybridized carbons (Fsp3) is 0.364. The van der Waals surface area contributed by atoms with Crippen LogP contribution in [0.3, 0.4) is 0 Å². The number of ether oxygens (including phenoxy) is 1. The maximum atomic E-state index is 8.49. The quantitative estimate of drug-likeness (QED) is 0.216. The summed E-state index contributed by atoms with van der Waals surface area (Å²) < 4.78 is 4.92. The Morgan fingerprint density at radius 1 is 1.44 bits per heavy atom. The maximum absolute atomic E-state index is 8.49. The highest BCUT2D eigenvalue weighted by Gasteiger charge is 1.98. The summed E-state index contributed by atoms with van der Waals surface area (Å²) in [4.78, 5) is 0. The van der Waals surface area contributed by atoms with Crippen molar-refractivity contribution in [2.75, 3.05) is 20.3 Å². The first-order valence-corrected chi connectivity index (χ1v) is 5.04. The highest BCUT2D eigenvalue weighted by atomic mass is 16.5. The molecule has 0 aromatic heterocycles. The standard InChI is InChI=1S/C11H17N3O2/c1-16-7-6-13-8-9-2-4-10(5-3-9)11(12)14-15/h2-5,13,15H,6-8H2,1H3,(H2,12,14). The lowest BCUT2D eigenvalue weighted by Gasteiger charge is -2.05. The van der Waals surface area contributed by atoms with Crippen LogP contribution >= 0.6 is 0 Å². The summed E-state index contributed by atoms with van der Waals surface area (Å²) in [6.45, 7) is 2.29. The van der Waals surface area contributed by atoms with Gasteiger partial charge in [0, 0.05) is 25.8 Å². The summed E-state index contributed by atoms with van der Waals surface area (Å²) in [5.41, 5.74) is 7.31. The largest absolute Gasteiger partial charge is 0.409 e. The topological polar surface area (TPSA) is 79.9 Å². The molecule has 0 spiro atoms. The lowest BCUT2D eigenvalue weighted by Crippen LogP contribution is -2.18. The Morgan fingerprint density at radius 2 is 2.12 bits per heavy atom. The number of nitrogens with zero attached hydrogens (tertiary/aromatic N) is 1. The minimum Gasteiger partial charge on any atom is -0.409 e. The van der Waals surface area contributed by atoms with E-state index in [1.54, 1.807) is 7.11 Å². The van der Waals surface area contributed by atoms with Crippen LogP contribution in [0.2, 0.25) is 0 Å². The second kappa shape index (κ2) is 6.81. The van der Waals surface area contributed by atoms with Gasteiger partial charge in [0.15, 0.2) is 5.84 Å². The van der Waals surface area contributed by atoms with E-state index in [2.05, 4.69) is 10.5 Å². The van der Waals surface area contributed by atoms with Gasteiger partial charge in [0.05, 0.1) is 6.61 Å². The fourth-order valence-corrected chi connectivity index (χ4v) is 1.26. The van der Waals surface area contributed by atoms with E-state index >= 15 is 0 Å². The average Bonchev–Trinajstić information content (AvgIpc) is 2.34. The van der Waals surface area contributed by atoms with Crippen LogP contribution in [0.25, 0.3) is 0 Å². The minimum absolute atomic E-state index is 0.124. The summed E-state index contributed by atoms with van der Waals surface area (Å²) >= 11 is 0. The third-order valence-corrected chi connectivity index (χ3v) is 2.17. The molecule has 5 nitrogen and oxygen atoms in total. The molecule has 5 heteroatoms. The van der Waals surface area contributed by atoms with E-state index in [1.807, 2.05) is 24.3 Å². The van der Waals surface area contributed by atoms with Crippen molar-refractivity contribution in [3.05, 3.63) is 35.4 Å². The summed E-state index contributed by atoms with van der Waals surface area (Å²) in [6.07, 6.45) is 0. The van der Waals surface area contributed by atoms with Crippen LogP contribution in [-0.2, 0) is 11.3 Å². The number of hydrogen-bond donors (Lipinski definition) is 3. The van der Waals surface area contributed by atoms with Gasteiger partial charge in [0.2, 0.25) is 0 Å². The number of hydrogen-bond acceptors (Lipinski definition) is 4. The highest BCUT2D eigenvalue weighted by Crippen LogP contribution is 2.03. The van der Waals surface area contributed by atoms with Gasteiger partial charge >= 0.3 is 0 Å². The van der Waals surface area contributed by atoms with Crippen molar-refractivity contribution in [3.8, 4) is 0 Å². The normalized spacial score (nSPS) is 11.7. The number of nitrogens with one attached hydrogen (secondary N) is 1. The van der Waals surface area contributed by atoms with Gasteiger partial charge in [-0.3, -0.25) is 0 Å². The van der Waals surface area contributed by atoms with Crippen LogP contribution in [0.15, 0.2) is 29.4 Å². The second-order valence-electron chi connectivity index (χ2n) is 3.35. The SMILES string of the molecule is COCCNCc1ccc(C(N)=NO)cc1. The molecule has 0 saturated heterocycles. The van der Waals surface area contributed by atoms with E-state index in [-0.39, 0.29) is 5.84 Å². The molecule has 0 amide bonds. The van der Waals surface area contributed by atoms with E-state index in [4.69, 9.17) is 15.7 Å². The Balaban J connectivity index is 2.45. The minimum atomic E-state index is 0.124. The van der Waals surface area contributed by atoms with Gasteiger partial charge < -0.3 is 21.0 Å². The predicted octanol–water partition coefficient (Wildman–Crippen LogP) is 0.517. The van der Waals surface area contributed by atoms with Crippen molar-refractivity contribution in [2.24, 2.45) is 10.9 Å². The average molecular weight is 223 g/mol. The van der Waals surface area contributed by atoms with Gasteiger partial charge in [-0.2, -0.15) is 0 Å². The Kier molecular flexibility index (Phi) is 5.31. The summed E-state index contributed by atoms with van der Waals surface area (Å²) in [6, 6.07) is 7.52. The van der Waals surface area contributed by atoms with Gasteiger partial charge in [0.25, 0.3) is 0 Å². The molecule has 0 aliphatic carbocycles. The Labute approximate surface area is 94.9 Å². The second-order valence-corrected chi connectivity index (χ2v) is 3.35. The Bertz CT molecular complexity index is 336. The van der Waals surface area contributed by atoms with Crippen molar-refractivity contribution in [1.82, 2.24) is 5.32 Å². The Hall–Kier alpha value is -1.59. The molecule has 4 N–H and O–H groups in total. The maximum Gasteiger partial charge on any atom is 0.170 e. The number of benzene rings is 1. The van der Waals surface area contributed by atoms with Crippen LogP contribution in [0.4, 0.5) is 0 Å². The molecule has 0 radical (unpaired) electrons. The molecule has 0 unspecified atom stereocenters. The molecule has 0 heterocycles. The molecule has 88 valence electrons. The number of nitrogens with two attached hydrogens (primary N) is 1. The molecule has 0 aliphatic rings. The third-order valence-electron chi connectivity index (χ3n) is 2.17. The van der Waals surface area contributed by atoms with Crippen molar-refractivity contribution in [2.45, 2.75) is 6.54 Å². The predicted molar refractivity (Wildman–Crippen MR) is 62.5 cm³/mol. The Morgan fingerprint density at radius 3 is 2.69 bits per heavy atom. The van der Waals surface area contributed by atoms with Gasteiger partial charge in [-0.1, -0.05) is 29.4 Å². The summed E-state index contributed by atoms with van der Waals surface area (Å²) in [7, 11) is 1.67. The van der Waals surface area contributed by atoms with Crippen molar-refractivity contribution >= 4 is 5.84 Å². The summed E-state index contributed by atoms with van der Waals surface area (Å²) in [5, 5.41) is 14.7. The van der Waals surface area contributed by atoms with E-state index in [0.29, 0.717) is 12.2 Å². The molecular formula is C11H17N3O2. The fourth-order valence-electron chi connectivity index (χ4n) is 1.26. The molecule has 0 saturated carbocycles. The van der Waals surface area contributed by atoms with Gasteiger partial charge in [-0.15, -0.1) is 0 Å². The molecule has 0 bridgehead atoms. The van der Waals surface area contributed by atoms with E-state index in [1.165, 1.54) is 0 Å². The highest BCUT2D eigenvalue weighted by molar-refractivity contribution is 5.96. The zero-order valence-corrected chi connectivity index (χ0v) is 9.31. The summed E-state index contributed by atoms with van der Waals surface area (Å²) in [5.74, 6) is 0.124. The molecular weight excluding hydrogens is 206 g/mol. The number of oxime groups is 1. The first-order chi connectivity index (χ1) is 7.77. The number of methoxy groups -OCH3 is 1. The van der Waals surface area contributed by atoms with Crippen molar-refractivity contribution < 1.29 is 9.94 Å². The van der Waals surface area contributed by atoms with Crippen molar-refractivity contribution in [3.63, 3.8) is 0 Å². The van der Waals surface area contributed by atoms with Gasteiger partial charge in [-0.25, -0.2) is 0 Å². The molecule has 0 fully saturated rings. The van der Waals surface area contributed by atoms with Gasteiger partial charge in [-0.05, 0) is 5.56 Å². The van der Waals surface area contributed by atoms with Crippen LogP contribution in [0.1, 0.15) is 11.1 Å². The molecule has 16 heavy (non-hydrogen) atoms. The molecule has 1 aromatic carbocycles. The van der Waals surface area contributed by atoms with Gasteiger partial charge in [0.1, 0.15) is 0 Å². The lowest BCUT2D eigenvalue weighted by molar-refractivity contribution is 0.199. The molecule has 1 rings (SSSR count). The zero-order valence-electron chi connectivity index (χ0n) is 9.31. The lowest BCUT2D eigenvalue weighted by atomic mass is 10.1. The van der Waals surface area contributed by atoms with Crippen LogP contribution in [-0.4, -0.2) is 31.3 Å². The molecule has 0 aliphatic heterocycles. The van der Waals surface area contributed by atoms with E-state index < -0.39 is 0 Å². The first-order valence-electron chi connectivity index (χ1n) is 5.04. The van der Waals surface area contributed by atoms with Crippen LogP contribution in [0, 0.1) is 0 Å². The van der Waals surface area contributed by atoms with E-state index in [9.17, 15) is 0 Å². The molecule has 1 aromatic rings. The van der Waals surface area contributed by atoms with Crippen LogP contribution < -0.4 is 11.1 Å². The van der Waals surface area contributed by atoms with Crippen LogP contribution in [0.5, 0.6) is 0 Å². The number of rotatable bonds is 6. The zero-order chi connectivity index (χ0) is 11.8. The first kappa shape index (κ1) is 12.5. The smallest absolute Gasteiger partial charge is 0.170 e. The van der Waals surface area contributed by atoms with Crippen molar-refractivity contribution in [1.29, 1.82) is 0 Å². The number of amidine groups is 1. The van der Waals surface area contributed by atoms with E-state index in [0.717, 1.165) is 18.7 Å². The third kappa shape index (κ3) is 3.88. The monoisotopic (exact) mass is 223 g/mol. The molecule has 0 atom stereocenters.